The SMILES string of the molecule is Cc1cc(C)c(C(N)CNCC(N)c2c(C(C)C)cccc2C(C)C)c(C)c1. The Morgan fingerprint density at radius 3 is 1.61 bits per heavy atom. The lowest BCUT2D eigenvalue weighted by molar-refractivity contribution is 0.543. The maximum absolute atomic E-state index is 6.67. The van der Waals surface area contributed by atoms with Gasteiger partial charge in [-0.25, -0.2) is 0 Å². The predicted molar refractivity (Wildman–Crippen MR) is 122 cm³/mol. The molecule has 0 aliphatic rings. The molecule has 3 nitrogen and oxygen atoms in total. The maximum atomic E-state index is 6.67. The minimum atomic E-state index is -0.0385. The van der Waals surface area contributed by atoms with Crippen LogP contribution in [0.3, 0.4) is 0 Å². The molecule has 2 aromatic carbocycles. The third-order valence-corrected chi connectivity index (χ3v) is 5.63. The molecule has 0 radical (unpaired) electrons. The molecular formula is C25H39N3. The third kappa shape index (κ3) is 5.22. The van der Waals surface area contributed by atoms with Crippen LogP contribution in [0.25, 0.3) is 0 Å². The van der Waals surface area contributed by atoms with Crippen molar-refractivity contribution in [2.75, 3.05) is 13.1 Å². The number of nitrogens with one attached hydrogen (secondary N) is 1. The van der Waals surface area contributed by atoms with Crippen molar-refractivity contribution < 1.29 is 0 Å². The number of hydrogen-bond donors (Lipinski definition) is 3. The number of benzene rings is 2. The third-order valence-electron chi connectivity index (χ3n) is 5.63. The first kappa shape index (κ1) is 22.6. The monoisotopic (exact) mass is 381 g/mol. The van der Waals surface area contributed by atoms with E-state index in [1.54, 1.807) is 0 Å². The largest absolute Gasteiger partial charge is 0.323 e. The zero-order valence-electron chi connectivity index (χ0n) is 18.8. The van der Waals surface area contributed by atoms with Gasteiger partial charge in [0.1, 0.15) is 0 Å². The van der Waals surface area contributed by atoms with E-state index in [1.807, 2.05) is 0 Å². The predicted octanol–water partition coefficient (Wildman–Crippen LogP) is 5.15. The molecule has 0 bridgehead atoms. The molecule has 0 aliphatic carbocycles. The quantitative estimate of drug-likeness (QED) is 0.592. The second-order valence-corrected chi connectivity index (χ2v) is 8.84. The van der Waals surface area contributed by atoms with E-state index in [1.165, 1.54) is 38.9 Å². The van der Waals surface area contributed by atoms with E-state index < -0.39 is 0 Å². The van der Waals surface area contributed by atoms with Crippen LogP contribution in [0.5, 0.6) is 0 Å². The van der Waals surface area contributed by atoms with E-state index in [4.69, 9.17) is 11.5 Å². The Hall–Kier alpha value is -1.68. The maximum Gasteiger partial charge on any atom is 0.0427 e. The van der Waals surface area contributed by atoms with Gasteiger partial charge in [-0.2, -0.15) is 0 Å². The van der Waals surface area contributed by atoms with Crippen LogP contribution in [0.4, 0.5) is 0 Å². The van der Waals surface area contributed by atoms with Gasteiger partial charge in [-0.05, 0) is 66.0 Å². The van der Waals surface area contributed by atoms with E-state index in [9.17, 15) is 0 Å². The topological polar surface area (TPSA) is 64.1 Å². The fraction of sp³-hybridized carbons (Fsp3) is 0.520. The van der Waals surface area contributed by atoms with Crippen molar-refractivity contribution >= 4 is 0 Å². The van der Waals surface area contributed by atoms with Gasteiger partial charge in [0.2, 0.25) is 0 Å². The van der Waals surface area contributed by atoms with E-state index in [2.05, 4.69) is 84.1 Å². The lowest BCUT2D eigenvalue weighted by Crippen LogP contribution is -2.34. The van der Waals surface area contributed by atoms with Gasteiger partial charge in [0.05, 0.1) is 0 Å². The molecule has 0 saturated carbocycles. The molecule has 0 aliphatic heterocycles. The first-order chi connectivity index (χ1) is 13.1. The van der Waals surface area contributed by atoms with Crippen LogP contribution < -0.4 is 16.8 Å². The smallest absolute Gasteiger partial charge is 0.0427 e. The average Bonchev–Trinajstić information content (AvgIpc) is 2.59. The van der Waals surface area contributed by atoms with Crippen LogP contribution in [0, 0.1) is 20.8 Å². The van der Waals surface area contributed by atoms with Crippen molar-refractivity contribution in [2.24, 2.45) is 11.5 Å². The Labute approximate surface area is 171 Å². The summed E-state index contributed by atoms with van der Waals surface area (Å²) in [7, 11) is 0. The summed E-state index contributed by atoms with van der Waals surface area (Å²) >= 11 is 0. The number of hydrogen-bond acceptors (Lipinski definition) is 3. The molecule has 5 N–H and O–H groups in total. The summed E-state index contributed by atoms with van der Waals surface area (Å²) in [4.78, 5) is 0. The molecule has 154 valence electrons. The summed E-state index contributed by atoms with van der Waals surface area (Å²) in [5.74, 6) is 0.916. The van der Waals surface area contributed by atoms with Gasteiger partial charge in [0, 0.05) is 25.2 Å². The van der Waals surface area contributed by atoms with E-state index in [-0.39, 0.29) is 12.1 Å². The molecule has 28 heavy (non-hydrogen) atoms. The van der Waals surface area contributed by atoms with Gasteiger partial charge in [0.25, 0.3) is 0 Å². The highest BCUT2D eigenvalue weighted by Crippen LogP contribution is 2.31. The lowest BCUT2D eigenvalue weighted by atomic mass is 9.85. The van der Waals surface area contributed by atoms with Crippen molar-refractivity contribution in [3.05, 3.63) is 69.3 Å². The first-order valence-corrected chi connectivity index (χ1v) is 10.6. The highest BCUT2D eigenvalue weighted by atomic mass is 14.9. The van der Waals surface area contributed by atoms with Crippen LogP contribution in [-0.4, -0.2) is 13.1 Å². The molecule has 0 saturated heterocycles. The van der Waals surface area contributed by atoms with Gasteiger partial charge in [-0.15, -0.1) is 0 Å². The summed E-state index contributed by atoms with van der Waals surface area (Å²) in [6, 6.07) is 10.9. The number of aryl methyl sites for hydroxylation is 3. The normalized spacial score (nSPS) is 14.0. The molecule has 2 rings (SSSR count). The second-order valence-electron chi connectivity index (χ2n) is 8.84. The van der Waals surface area contributed by atoms with Crippen LogP contribution in [0.15, 0.2) is 30.3 Å². The fourth-order valence-corrected chi connectivity index (χ4v) is 4.41. The minimum Gasteiger partial charge on any atom is -0.323 e. The van der Waals surface area contributed by atoms with Crippen molar-refractivity contribution in [3.8, 4) is 0 Å². The van der Waals surface area contributed by atoms with Crippen molar-refractivity contribution in [1.82, 2.24) is 5.32 Å². The first-order valence-electron chi connectivity index (χ1n) is 10.6. The Kier molecular flexibility index (Phi) is 7.82. The summed E-state index contributed by atoms with van der Waals surface area (Å²) in [6.45, 7) is 16.8. The van der Waals surface area contributed by atoms with Crippen LogP contribution in [-0.2, 0) is 0 Å². The molecular weight excluding hydrogens is 342 g/mol. The highest BCUT2D eigenvalue weighted by Gasteiger charge is 2.20. The number of rotatable bonds is 8. The van der Waals surface area contributed by atoms with Gasteiger partial charge in [-0.1, -0.05) is 63.6 Å². The summed E-state index contributed by atoms with van der Waals surface area (Å²) < 4.78 is 0. The Morgan fingerprint density at radius 2 is 1.18 bits per heavy atom. The van der Waals surface area contributed by atoms with Crippen molar-refractivity contribution in [3.63, 3.8) is 0 Å². The zero-order chi connectivity index (χ0) is 21.0. The molecule has 2 aromatic rings. The Balaban J connectivity index is 2.12. The molecule has 0 spiro atoms. The summed E-state index contributed by atoms with van der Waals surface area (Å²) in [5.41, 5.74) is 22.3. The average molecular weight is 382 g/mol. The van der Waals surface area contributed by atoms with Gasteiger partial charge < -0.3 is 16.8 Å². The fourth-order valence-electron chi connectivity index (χ4n) is 4.41. The lowest BCUT2D eigenvalue weighted by Gasteiger charge is -2.25. The Morgan fingerprint density at radius 1 is 0.750 bits per heavy atom. The minimum absolute atomic E-state index is 0.0299. The van der Waals surface area contributed by atoms with Crippen molar-refractivity contribution in [1.29, 1.82) is 0 Å². The molecule has 0 aromatic heterocycles. The van der Waals surface area contributed by atoms with Crippen LogP contribution in [0.1, 0.15) is 90.6 Å². The van der Waals surface area contributed by atoms with Gasteiger partial charge >= 0.3 is 0 Å². The van der Waals surface area contributed by atoms with Gasteiger partial charge in [-0.3, -0.25) is 0 Å². The van der Waals surface area contributed by atoms with Crippen LogP contribution >= 0.6 is 0 Å². The van der Waals surface area contributed by atoms with E-state index in [0.717, 1.165) is 13.1 Å². The van der Waals surface area contributed by atoms with Crippen LogP contribution in [0.2, 0.25) is 0 Å². The van der Waals surface area contributed by atoms with E-state index >= 15 is 0 Å². The standard InChI is InChI=1S/C25H39N3/c1-15(2)20-9-8-10-21(16(3)4)25(20)23(27)14-28-13-22(26)24-18(6)11-17(5)12-19(24)7/h8-12,15-16,22-23,28H,13-14,26-27H2,1-7H3. The molecule has 2 atom stereocenters. The highest BCUT2D eigenvalue weighted by molar-refractivity contribution is 5.42. The molecule has 0 amide bonds. The summed E-state index contributed by atoms with van der Waals surface area (Å²) in [6.07, 6.45) is 0. The number of nitrogens with two attached hydrogens (primary N) is 2. The zero-order valence-corrected chi connectivity index (χ0v) is 18.8. The molecule has 3 heteroatoms. The second kappa shape index (κ2) is 9.69. The molecule has 0 fully saturated rings. The van der Waals surface area contributed by atoms with Crippen molar-refractivity contribution in [2.45, 2.75) is 72.4 Å². The Bertz CT molecular complexity index is 743. The molecule has 0 heterocycles. The summed E-state index contributed by atoms with van der Waals surface area (Å²) in [5, 5.41) is 3.53. The van der Waals surface area contributed by atoms with E-state index in [0.29, 0.717) is 11.8 Å². The van der Waals surface area contributed by atoms with Gasteiger partial charge in [0.15, 0.2) is 0 Å². The molecule has 2 unspecified atom stereocenters.